The first-order valence-electron chi connectivity index (χ1n) is 11.0. The summed E-state index contributed by atoms with van der Waals surface area (Å²) in [7, 11) is 4.32. The molecule has 2 aromatic carbocycles. The van der Waals surface area contributed by atoms with Gasteiger partial charge in [-0.2, -0.15) is 0 Å². The number of amides is 1. The summed E-state index contributed by atoms with van der Waals surface area (Å²) in [6, 6.07) is 9.16. The van der Waals surface area contributed by atoms with Crippen LogP contribution in [0.25, 0.3) is 10.2 Å². The molecule has 1 N–H and O–H groups in total. The highest BCUT2D eigenvalue weighted by Crippen LogP contribution is 2.48. The number of carbonyl (C=O) groups is 2. The van der Waals surface area contributed by atoms with Crippen LogP contribution in [0, 0.1) is 12.7 Å². The SMILES string of the molecule is COc1cc([C@H]2C(C(=O)c3ccc(C)o3)=C(O)C(=O)N2c2nc3ccc(F)cc3s2)cc(OC)c1OC. The molecule has 1 atom stereocenters. The number of aromatic nitrogens is 1. The number of fused-ring (bicyclic) bond motifs is 1. The number of ketones is 1. The van der Waals surface area contributed by atoms with Gasteiger partial charge >= 0.3 is 0 Å². The van der Waals surface area contributed by atoms with E-state index in [1.807, 2.05) is 0 Å². The lowest BCUT2D eigenvalue weighted by Gasteiger charge is -2.25. The highest BCUT2D eigenvalue weighted by atomic mass is 32.1. The van der Waals surface area contributed by atoms with Crippen molar-refractivity contribution in [2.24, 2.45) is 0 Å². The Morgan fingerprint density at radius 3 is 2.38 bits per heavy atom. The molecule has 5 rings (SSSR count). The fourth-order valence-electron chi connectivity index (χ4n) is 4.29. The molecule has 0 aliphatic carbocycles. The lowest BCUT2D eigenvalue weighted by Crippen LogP contribution is -2.31. The minimum Gasteiger partial charge on any atom is -0.503 e. The summed E-state index contributed by atoms with van der Waals surface area (Å²) in [5, 5.41) is 11.1. The normalized spacial score (nSPS) is 15.5. The van der Waals surface area contributed by atoms with Crippen LogP contribution in [0.5, 0.6) is 17.2 Å². The van der Waals surface area contributed by atoms with Crippen molar-refractivity contribution in [3.8, 4) is 17.2 Å². The Morgan fingerprint density at radius 2 is 1.78 bits per heavy atom. The van der Waals surface area contributed by atoms with E-state index in [2.05, 4.69) is 4.98 Å². The van der Waals surface area contributed by atoms with E-state index in [1.165, 1.54) is 50.5 Å². The molecule has 190 valence electrons. The van der Waals surface area contributed by atoms with Crippen molar-refractivity contribution in [2.75, 3.05) is 26.2 Å². The first-order chi connectivity index (χ1) is 17.8. The van der Waals surface area contributed by atoms with Crippen LogP contribution in [0.2, 0.25) is 0 Å². The van der Waals surface area contributed by atoms with E-state index in [0.717, 1.165) is 11.3 Å². The number of aliphatic hydroxyl groups excluding tert-OH is 1. The van der Waals surface area contributed by atoms with E-state index >= 15 is 0 Å². The second-order valence-corrected chi connectivity index (χ2v) is 9.16. The van der Waals surface area contributed by atoms with Gasteiger partial charge in [-0.15, -0.1) is 0 Å². The summed E-state index contributed by atoms with van der Waals surface area (Å²) in [6.07, 6.45) is 0. The molecule has 1 aliphatic heterocycles. The van der Waals surface area contributed by atoms with Gasteiger partial charge in [0, 0.05) is 0 Å². The van der Waals surface area contributed by atoms with Gasteiger partial charge in [-0.05, 0) is 55.0 Å². The van der Waals surface area contributed by atoms with Gasteiger partial charge in [0.2, 0.25) is 11.5 Å². The highest BCUT2D eigenvalue weighted by molar-refractivity contribution is 7.22. The molecule has 11 heteroatoms. The van der Waals surface area contributed by atoms with Crippen LogP contribution in [0.3, 0.4) is 0 Å². The summed E-state index contributed by atoms with van der Waals surface area (Å²) in [6.45, 7) is 1.67. The zero-order valence-corrected chi connectivity index (χ0v) is 21.0. The molecule has 0 bridgehead atoms. The predicted molar refractivity (Wildman–Crippen MR) is 133 cm³/mol. The molecule has 3 heterocycles. The number of carbonyl (C=O) groups excluding carboxylic acids is 2. The molecule has 4 aromatic rings. The van der Waals surface area contributed by atoms with E-state index in [4.69, 9.17) is 18.6 Å². The predicted octanol–water partition coefficient (Wildman–Crippen LogP) is 5.15. The third-order valence-electron chi connectivity index (χ3n) is 5.96. The van der Waals surface area contributed by atoms with Crippen LogP contribution in [0.15, 0.2) is 58.2 Å². The molecule has 0 saturated heterocycles. The molecular formula is C26H21FN2O7S. The number of methoxy groups -OCH3 is 3. The molecule has 9 nitrogen and oxygen atoms in total. The first-order valence-corrected chi connectivity index (χ1v) is 11.8. The monoisotopic (exact) mass is 524 g/mol. The van der Waals surface area contributed by atoms with Crippen molar-refractivity contribution in [3.63, 3.8) is 0 Å². The van der Waals surface area contributed by atoms with Crippen molar-refractivity contribution >= 4 is 38.4 Å². The molecule has 0 fully saturated rings. The topological polar surface area (TPSA) is 111 Å². The van der Waals surface area contributed by atoms with E-state index in [-0.39, 0.29) is 28.0 Å². The number of ether oxygens (including phenoxy) is 3. The standard InChI is InChI=1S/C26H21FN2O7S/c1-12-5-8-16(36-12)22(30)20-21(13-9-17(33-2)24(35-4)18(10-13)34-3)29(25(32)23(20)31)26-28-15-7-6-14(27)11-19(15)37-26/h5-11,21,31H,1-4H3/t21-/m0/s1. The van der Waals surface area contributed by atoms with Gasteiger partial charge in [0.15, 0.2) is 28.1 Å². The molecule has 37 heavy (non-hydrogen) atoms. The molecular weight excluding hydrogens is 503 g/mol. The van der Waals surface area contributed by atoms with Crippen molar-refractivity contribution in [3.05, 3.63) is 76.7 Å². The van der Waals surface area contributed by atoms with Crippen LogP contribution >= 0.6 is 11.3 Å². The van der Waals surface area contributed by atoms with Gasteiger partial charge in [0.25, 0.3) is 5.91 Å². The minimum absolute atomic E-state index is 0.0440. The zero-order valence-electron chi connectivity index (χ0n) is 20.2. The number of rotatable bonds is 7. The van der Waals surface area contributed by atoms with E-state index in [1.54, 1.807) is 25.1 Å². The minimum atomic E-state index is -1.13. The molecule has 0 saturated carbocycles. The number of Topliss-reactive ketones (excluding diaryl/α,β-unsaturated/α-hetero) is 1. The Balaban J connectivity index is 1.74. The fraction of sp³-hybridized carbons (Fsp3) is 0.192. The maximum atomic E-state index is 13.9. The Hall–Kier alpha value is -4.38. The van der Waals surface area contributed by atoms with Crippen molar-refractivity contribution in [1.29, 1.82) is 0 Å². The quantitative estimate of drug-likeness (QED) is 0.331. The zero-order chi connectivity index (χ0) is 26.4. The Bertz CT molecular complexity index is 1560. The number of halogens is 1. The van der Waals surface area contributed by atoms with Gasteiger partial charge in [0.1, 0.15) is 11.6 Å². The second kappa shape index (κ2) is 9.25. The van der Waals surface area contributed by atoms with Gasteiger partial charge in [-0.3, -0.25) is 14.5 Å². The number of aryl methyl sites for hydroxylation is 1. The van der Waals surface area contributed by atoms with Crippen molar-refractivity contribution < 1.29 is 37.7 Å². The van der Waals surface area contributed by atoms with E-state index in [9.17, 15) is 19.1 Å². The van der Waals surface area contributed by atoms with E-state index < -0.39 is 29.3 Å². The van der Waals surface area contributed by atoms with Crippen molar-refractivity contribution in [2.45, 2.75) is 13.0 Å². The largest absolute Gasteiger partial charge is 0.503 e. The number of hydrogen-bond donors (Lipinski definition) is 1. The van der Waals surface area contributed by atoms with Gasteiger partial charge < -0.3 is 23.7 Å². The lowest BCUT2D eigenvalue weighted by molar-refractivity contribution is -0.117. The third-order valence-corrected chi connectivity index (χ3v) is 6.98. The van der Waals surface area contributed by atoms with Gasteiger partial charge in [0.05, 0.1) is 43.2 Å². The highest BCUT2D eigenvalue weighted by Gasteiger charge is 2.47. The maximum Gasteiger partial charge on any atom is 0.296 e. The van der Waals surface area contributed by atoms with E-state index in [0.29, 0.717) is 27.3 Å². The molecule has 0 unspecified atom stereocenters. The van der Waals surface area contributed by atoms with Crippen LogP contribution in [0.1, 0.15) is 27.9 Å². The first kappa shape index (κ1) is 24.3. The summed E-state index contributed by atoms with van der Waals surface area (Å²) in [5.74, 6) is -1.41. The molecule has 0 spiro atoms. The van der Waals surface area contributed by atoms with Gasteiger partial charge in [-0.25, -0.2) is 9.37 Å². The molecule has 0 radical (unpaired) electrons. The smallest absolute Gasteiger partial charge is 0.296 e. The number of anilines is 1. The van der Waals surface area contributed by atoms with Crippen molar-refractivity contribution in [1.82, 2.24) is 4.98 Å². The number of furan rings is 1. The van der Waals surface area contributed by atoms with Crippen LogP contribution in [0.4, 0.5) is 9.52 Å². The van der Waals surface area contributed by atoms with Crippen LogP contribution in [-0.2, 0) is 4.79 Å². The summed E-state index contributed by atoms with van der Waals surface area (Å²) >= 11 is 1.05. The number of thiazole rings is 1. The third kappa shape index (κ3) is 3.97. The van der Waals surface area contributed by atoms with Crippen LogP contribution in [-0.4, -0.2) is 43.1 Å². The number of aliphatic hydroxyl groups is 1. The Kier molecular flexibility index (Phi) is 6.08. The molecule has 1 amide bonds. The second-order valence-electron chi connectivity index (χ2n) is 8.15. The average molecular weight is 525 g/mol. The average Bonchev–Trinajstić information content (AvgIpc) is 3.58. The number of nitrogens with zero attached hydrogens (tertiary/aromatic N) is 2. The molecule has 2 aromatic heterocycles. The molecule has 1 aliphatic rings. The fourth-order valence-corrected chi connectivity index (χ4v) is 5.30. The summed E-state index contributed by atoms with van der Waals surface area (Å²) < 4.78 is 36.2. The Labute approximate surface area is 214 Å². The van der Waals surface area contributed by atoms with Gasteiger partial charge in [-0.1, -0.05) is 11.3 Å². The summed E-state index contributed by atoms with van der Waals surface area (Å²) in [5.41, 5.74) is 0.627. The Morgan fingerprint density at radius 1 is 1.08 bits per heavy atom. The summed E-state index contributed by atoms with van der Waals surface area (Å²) in [4.78, 5) is 32.7. The van der Waals surface area contributed by atoms with Crippen LogP contribution < -0.4 is 19.1 Å². The number of hydrogen-bond acceptors (Lipinski definition) is 9. The number of benzene rings is 2. The lowest BCUT2D eigenvalue weighted by atomic mass is 9.94. The maximum absolute atomic E-state index is 13.9.